The summed E-state index contributed by atoms with van der Waals surface area (Å²) in [6.07, 6.45) is 4.15. The van der Waals surface area contributed by atoms with Crippen molar-refractivity contribution in [3.8, 4) is 0 Å². The Morgan fingerprint density at radius 1 is 1.12 bits per heavy atom. The van der Waals surface area contributed by atoms with Crippen molar-refractivity contribution in [1.82, 2.24) is 0 Å². The van der Waals surface area contributed by atoms with Gasteiger partial charge in [-0.25, -0.2) is 0 Å². The average Bonchev–Trinajstić information content (AvgIpc) is 2.30. The van der Waals surface area contributed by atoms with Gasteiger partial charge in [-0.2, -0.15) is 0 Å². The van der Waals surface area contributed by atoms with E-state index in [1.807, 2.05) is 39.0 Å². The van der Waals surface area contributed by atoms with Crippen molar-refractivity contribution in [3.63, 3.8) is 0 Å². The van der Waals surface area contributed by atoms with Gasteiger partial charge in [0.15, 0.2) is 0 Å². The molecule has 1 aromatic rings. The molecular formula is C13H20O2Si. The number of allylic oxidation sites excluding steroid dienone is 1. The molecule has 0 aromatic heterocycles. The number of rotatable bonds is 6. The van der Waals surface area contributed by atoms with Crippen LogP contribution in [0.4, 0.5) is 0 Å². The summed E-state index contributed by atoms with van der Waals surface area (Å²) in [7, 11) is -1.71. The van der Waals surface area contributed by atoms with Crippen molar-refractivity contribution < 1.29 is 8.85 Å². The van der Waals surface area contributed by atoms with Gasteiger partial charge in [-0.05, 0) is 31.5 Å². The van der Waals surface area contributed by atoms with Crippen LogP contribution in [0.2, 0.25) is 0 Å². The van der Waals surface area contributed by atoms with Gasteiger partial charge < -0.3 is 8.85 Å². The third-order valence-corrected chi connectivity index (χ3v) is 4.54. The van der Waals surface area contributed by atoms with E-state index in [2.05, 4.69) is 18.2 Å². The van der Waals surface area contributed by atoms with Crippen molar-refractivity contribution in [2.75, 3.05) is 13.2 Å². The molecule has 1 aromatic carbocycles. The minimum Gasteiger partial charge on any atom is -0.394 e. The van der Waals surface area contributed by atoms with Gasteiger partial charge in [0, 0.05) is 13.2 Å². The van der Waals surface area contributed by atoms with Crippen LogP contribution >= 0.6 is 0 Å². The fraction of sp³-hybridized carbons (Fsp3) is 0.385. The van der Waals surface area contributed by atoms with Crippen molar-refractivity contribution in [3.05, 3.63) is 35.9 Å². The van der Waals surface area contributed by atoms with E-state index >= 15 is 0 Å². The van der Waals surface area contributed by atoms with Crippen molar-refractivity contribution in [1.29, 1.82) is 0 Å². The number of hydrogen-bond donors (Lipinski definition) is 0. The Morgan fingerprint density at radius 2 is 1.75 bits per heavy atom. The van der Waals surface area contributed by atoms with Crippen LogP contribution in [0, 0.1) is 0 Å². The predicted molar refractivity (Wildman–Crippen MR) is 71.2 cm³/mol. The molecule has 0 fully saturated rings. The first-order chi connectivity index (χ1) is 7.83. The van der Waals surface area contributed by atoms with Crippen molar-refractivity contribution >= 4 is 20.5 Å². The third-order valence-electron chi connectivity index (χ3n) is 2.23. The van der Waals surface area contributed by atoms with Gasteiger partial charge in [0.1, 0.15) is 0 Å². The first kappa shape index (κ1) is 13.2. The van der Waals surface area contributed by atoms with E-state index in [-0.39, 0.29) is 0 Å². The first-order valence-electron chi connectivity index (χ1n) is 5.78. The Morgan fingerprint density at radius 3 is 2.31 bits per heavy atom. The Bertz CT molecular complexity index is 330. The molecule has 0 amide bonds. The SMILES string of the molecule is CC=Cc1ccccc1[SiH](OCC)OCC. The minimum atomic E-state index is -1.71. The monoisotopic (exact) mass is 236 g/mol. The zero-order valence-corrected chi connectivity index (χ0v) is 11.4. The highest BCUT2D eigenvalue weighted by molar-refractivity contribution is 6.62. The standard InChI is InChI=1S/C13H20O2Si/c1-4-9-12-10-7-8-11-13(12)16(14-5-2)15-6-3/h4,7-11,16H,5-6H2,1-3H3. The summed E-state index contributed by atoms with van der Waals surface area (Å²) in [5, 5.41) is 1.23. The number of hydrogen-bond acceptors (Lipinski definition) is 2. The first-order valence-corrected chi connectivity index (χ1v) is 7.30. The van der Waals surface area contributed by atoms with E-state index in [0.29, 0.717) is 13.2 Å². The highest BCUT2D eigenvalue weighted by Gasteiger charge is 2.17. The van der Waals surface area contributed by atoms with Gasteiger partial charge in [-0.1, -0.05) is 36.4 Å². The molecule has 88 valence electrons. The summed E-state index contributed by atoms with van der Waals surface area (Å²) < 4.78 is 11.5. The maximum Gasteiger partial charge on any atom is 0.356 e. The largest absolute Gasteiger partial charge is 0.394 e. The Balaban J connectivity index is 2.97. The van der Waals surface area contributed by atoms with Crippen LogP contribution in [0.3, 0.4) is 0 Å². The van der Waals surface area contributed by atoms with Crippen LogP contribution in [0.25, 0.3) is 6.08 Å². The molecule has 3 heteroatoms. The molecule has 0 spiro atoms. The second-order valence-electron chi connectivity index (χ2n) is 3.37. The molecule has 0 saturated carbocycles. The maximum atomic E-state index is 5.74. The second-order valence-corrected chi connectivity index (χ2v) is 5.32. The van der Waals surface area contributed by atoms with E-state index in [0.717, 1.165) is 0 Å². The quantitative estimate of drug-likeness (QED) is 0.705. The van der Waals surface area contributed by atoms with E-state index in [4.69, 9.17) is 8.85 Å². The molecule has 0 aliphatic heterocycles. The fourth-order valence-electron chi connectivity index (χ4n) is 1.59. The van der Waals surface area contributed by atoms with Crippen LogP contribution in [-0.2, 0) is 8.85 Å². The minimum absolute atomic E-state index is 0.709. The lowest BCUT2D eigenvalue weighted by Crippen LogP contribution is -2.38. The van der Waals surface area contributed by atoms with E-state index in [1.165, 1.54) is 10.8 Å². The smallest absolute Gasteiger partial charge is 0.356 e. The van der Waals surface area contributed by atoms with Crippen LogP contribution < -0.4 is 5.19 Å². The summed E-state index contributed by atoms with van der Waals surface area (Å²) in [6.45, 7) is 7.46. The summed E-state index contributed by atoms with van der Waals surface area (Å²) in [5.74, 6) is 0. The molecule has 0 radical (unpaired) electrons. The lowest BCUT2D eigenvalue weighted by Gasteiger charge is -2.17. The van der Waals surface area contributed by atoms with E-state index in [1.54, 1.807) is 0 Å². The third kappa shape index (κ3) is 3.59. The molecule has 0 N–H and O–H groups in total. The molecule has 0 aliphatic carbocycles. The lowest BCUT2D eigenvalue weighted by molar-refractivity contribution is 0.225. The summed E-state index contributed by atoms with van der Waals surface area (Å²) in [5.41, 5.74) is 1.21. The summed E-state index contributed by atoms with van der Waals surface area (Å²) in [4.78, 5) is 0. The van der Waals surface area contributed by atoms with Gasteiger partial charge in [0.25, 0.3) is 0 Å². The van der Waals surface area contributed by atoms with Crippen LogP contribution in [0.15, 0.2) is 30.3 Å². The van der Waals surface area contributed by atoms with Gasteiger partial charge >= 0.3 is 9.28 Å². The van der Waals surface area contributed by atoms with Crippen LogP contribution in [0.1, 0.15) is 26.3 Å². The van der Waals surface area contributed by atoms with Crippen molar-refractivity contribution in [2.45, 2.75) is 20.8 Å². The molecule has 0 bridgehead atoms. The molecule has 0 atom stereocenters. The molecule has 16 heavy (non-hydrogen) atoms. The maximum absolute atomic E-state index is 5.74. The van der Waals surface area contributed by atoms with Gasteiger partial charge in [-0.15, -0.1) is 0 Å². The molecule has 1 rings (SSSR count). The molecule has 0 aliphatic rings. The molecule has 0 heterocycles. The second kappa shape index (κ2) is 7.38. The molecule has 0 unspecified atom stereocenters. The molecule has 0 saturated heterocycles. The highest BCUT2D eigenvalue weighted by Crippen LogP contribution is 2.03. The average molecular weight is 236 g/mol. The Labute approximate surface area is 99.7 Å². The topological polar surface area (TPSA) is 18.5 Å². The Kier molecular flexibility index (Phi) is 6.07. The normalized spacial score (nSPS) is 11.5. The fourth-order valence-corrected chi connectivity index (χ4v) is 3.38. The van der Waals surface area contributed by atoms with Gasteiger partial charge in [0.2, 0.25) is 0 Å². The zero-order valence-electron chi connectivity index (χ0n) is 10.3. The Hall–Kier alpha value is -0.903. The van der Waals surface area contributed by atoms with Crippen LogP contribution in [-0.4, -0.2) is 22.5 Å². The predicted octanol–water partition coefficient (Wildman–Crippen LogP) is 2.22. The lowest BCUT2D eigenvalue weighted by atomic mass is 10.2. The van der Waals surface area contributed by atoms with Crippen molar-refractivity contribution in [2.24, 2.45) is 0 Å². The molecular weight excluding hydrogens is 216 g/mol. The van der Waals surface area contributed by atoms with Crippen LogP contribution in [0.5, 0.6) is 0 Å². The van der Waals surface area contributed by atoms with Gasteiger partial charge in [-0.3, -0.25) is 0 Å². The highest BCUT2D eigenvalue weighted by atomic mass is 28.3. The molecule has 2 nitrogen and oxygen atoms in total. The summed E-state index contributed by atoms with van der Waals surface area (Å²) >= 11 is 0. The zero-order chi connectivity index (χ0) is 11.8. The van der Waals surface area contributed by atoms with Gasteiger partial charge in [0.05, 0.1) is 0 Å². The van der Waals surface area contributed by atoms with E-state index in [9.17, 15) is 0 Å². The van der Waals surface area contributed by atoms with E-state index < -0.39 is 9.28 Å². The number of benzene rings is 1. The summed E-state index contributed by atoms with van der Waals surface area (Å²) in [6, 6.07) is 8.30.